The standard InChI is InChI=1S/C8H16F2N2/c1-6(2)11-8-3-4-12(10)5-7(8)9/h6-8,11H,3-5H2,1-2H3. The lowest BCUT2D eigenvalue weighted by molar-refractivity contribution is -0.0373. The average Bonchev–Trinajstić information content (AvgIpc) is 1.94. The summed E-state index contributed by atoms with van der Waals surface area (Å²) in [5.41, 5.74) is 0. The van der Waals surface area contributed by atoms with Crippen LogP contribution in [0.15, 0.2) is 0 Å². The fourth-order valence-corrected chi connectivity index (χ4v) is 1.48. The fourth-order valence-electron chi connectivity index (χ4n) is 1.48. The van der Waals surface area contributed by atoms with Gasteiger partial charge in [0.05, 0.1) is 6.54 Å². The molecule has 0 saturated carbocycles. The van der Waals surface area contributed by atoms with Crippen molar-refractivity contribution in [3.05, 3.63) is 0 Å². The molecule has 1 aliphatic rings. The third-order valence-corrected chi connectivity index (χ3v) is 2.04. The van der Waals surface area contributed by atoms with Gasteiger partial charge in [-0.2, -0.15) is 0 Å². The zero-order chi connectivity index (χ0) is 9.14. The van der Waals surface area contributed by atoms with E-state index in [2.05, 4.69) is 5.32 Å². The number of hydrogen-bond acceptors (Lipinski definition) is 2. The molecule has 72 valence electrons. The third-order valence-electron chi connectivity index (χ3n) is 2.04. The molecule has 2 unspecified atom stereocenters. The van der Waals surface area contributed by atoms with Gasteiger partial charge in [-0.3, -0.25) is 0 Å². The maximum Gasteiger partial charge on any atom is 0.131 e. The van der Waals surface area contributed by atoms with E-state index >= 15 is 0 Å². The molecule has 0 aromatic rings. The summed E-state index contributed by atoms with van der Waals surface area (Å²) < 4.78 is 25.6. The largest absolute Gasteiger partial charge is 0.309 e. The van der Waals surface area contributed by atoms with Crippen molar-refractivity contribution in [1.82, 2.24) is 10.4 Å². The Labute approximate surface area is 71.9 Å². The number of nitrogens with one attached hydrogen (secondary N) is 1. The van der Waals surface area contributed by atoms with E-state index in [4.69, 9.17) is 0 Å². The molecule has 0 bridgehead atoms. The highest BCUT2D eigenvalue weighted by atomic mass is 19.2. The van der Waals surface area contributed by atoms with Gasteiger partial charge in [-0.25, -0.2) is 4.39 Å². The van der Waals surface area contributed by atoms with Crippen molar-refractivity contribution >= 4 is 0 Å². The second-order valence-electron chi connectivity index (χ2n) is 3.60. The van der Waals surface area contributed by atoms with Crippen LogP contribution in [0.1, 0.15) is 20.3 Å². The van der Waals surface area contributed by atoms with E-state index in [0.29, 0.717) is 18.1 Å². The quantitative estimate of drug-likeness (QED) is 0.641. The molecule has 2 atom stereocenters. The van der Waals surface area contributed by atoms with E-state index in [9.17, 15) is 8.87 Å². The number of alkyl halides is 1. The Morgan fingerprint density at radius 2 is 2.17 bits per heavy atom. The Bertz CT molecular complexity index is 141. The normalized spacial score (nSPS) is 32.8. The van der Waals surface area contributed by atoms with Crippen molar-refractivity contribution in [1.29, 1.82) is 0 Å². The van der Waals surface area contributed by atoms with E-state index in [1.807, 2.05) is 13.8 Å². The van der Waals surface area contributed by atoms with Crippen LogP contribution in [0.2, 0.25) is 0 Å². The van der Waals surface area contributed by atoms with Crippen LogP contribution in [-0.2, 0) is 0 Å². The minimum Gasteiger partial charge on any atom is -0.309 e. The molecule has 1 saturated heterocycles. The number of piperidine rings is 1. The van der Waals surface area contributed by atoms with Gasteiger partial charge < -0.3 is 5.32 Å². The first-order valence-corrected chi connectivity index (χ1v) is 4.40. The highest BCUT2D eigenvalue weighted by molar-refractivity contribution is 4.83. The maximum atomic E-state index is 13.1. The summed E-state index contributed by atoms with van der Waals surface area (Å²) >= 11 is 0. The second kappa shape index (κ2) is 4.14. The Hall–Kier alpha value is -0.220. The Morgan fingerprint density at radius 1 is 1.50 bits per heavy atom. The molecule has 1 heterocycles. The number of hydrogen-bond donors (Lipinski definition) is 1. The van der Waals surface area contributed by atoms with Crippen LogP contribution in [0, 0.1) is 0 Å². The molecule has 1 aliphatic heterocycles. The smallest absolute Gasteiger partial charge is 0.131 e. The zero-order valence-corrected chi connectivity index (χ0v) is 7.56. The lowest BCUT2D eigenvalue weighted by Crippen LogP contribution is -2.50. The predicted molar refractivity (Wildman–Crippen MR) is 44.3 cm³/mol. The predicted octanol–water partition coefficient (Wildman–Crippen LogP) is 1.28. The van der Waals surface area contributed by atoms with E-state index in [1.165, 1.54) is 0 Å². The first kappa shape index (κ1) is 9.86. The monoisotopic (exact) mass is 178 g/mol. The Kier molecular flexibility index (Phi) is 3.40. The van der Waals surface area contributed by atoms with Gasteiger partial charge in [-0.15, -0.1) is 9.60 Å². The van der Waals surface area contributed by atoms with Crippen LogP contribution in [0.3, 0.4) is 0 Å². The first-order chi connectivity index (χ1) is 5.59. The van der Waals surface area contributed by atoms with Crippen LogP contribution >= 0.6 is 0 Å². The van der Waals surface area contributed by atoms with Gasteiger partial charge in [0.25, 0.3) is 0 Å². The van der Waals surface area contributed by atoms with Crippen LogP contribution in [0.25, 0.3) is 0 Å². The minimum absolute atomic E-state index is 0.0929. The highest BCUT2D eigenvalue weighted by Gasteiger charge is 2.29. The Morgan fingerprint density at radius 3 is 2.67 bits per heavy atom. The summed E-state index contributed by atoms with van der Waals surface area (Å²) in [6, 6.07) is 0.0939. The van der Waals surface area contributed by atoms with E-state index in [0.717, 1.165) is 0 Å². The number of nitrogens with zero attached hydrogens (tertiary/aromatic N) is 1. The van der Waals surface area contributed by atoms with Gasteiger partial charge >= 0.3 is 0 Å². The molecule has 0 radical (unpaired) electrons. The Balaban J connectivity index is 2.34. The molecule has 0 aromatic carbocycles. The summed E-state index contributed by atoms with van der Waals surface area (Å²) in [6.07, 6.45) is -0.526. The molecule has 1 rings (SSSR count). The van der Waals surface area contributed by atoms with Crippen LogP contribution in [0.5, 0.6) is 0 Å². The average molecular weight is 178 g/mol. The lowest BCUT2D eigenvalue weighted by atomic mass is 10.0. The van der Waals surface area contributed by atoms with Gasteiger partial charge in [0.1, 0.15) is 6.17 Å². The lowest BCUT2D eigenvalue weighted by Gasteiger charge is -2.31. The van der Waals surface area contributed by atoms with Gasteiger partial charge in [-0.1, -0.05) is 13.8 Å². The van der Waals surface area contributed by atoms with Crippen molar-refractivity contribution in [2.24, 2.45) is 0 Å². The molecule has 0 aliphatic carbocycles. The van der Waals surface area contributed by atoms with Gasteiger partial charge in [0.15, 0.2) is 0 Å². The minimum atomic E-state index is -1.08. The number of halogens is 2. The van der Waals surface area contributed by atoms with Crippen LogP contribution in [0.4, 0.5) is 8.87 Å². The van der Waals surface area contributed by atoms with Crippen molar-refractivity contribution in [3.8, 4) is 0 Å². The van der Waals surface area contributed by atoms with Crippen molar-refractivity contribution in [3.63, 3.8) is 0 Å². The summed E-state index contributed by atoms with van der Waals surface area (Å²) in [5, 5.41) is 3.63. The molecule has 2 nitrogen and oxygen atoms in total. The van der Waals surface area contributed by atoms with Crippen LogP contribution in [-0.4, -0.2) is 36.5 Å². The van der Waals surface area contributed by atoms with E-state index in [-0.39, 0.29) is 18.6 Å². The summed E-state index contributed by atoms with van der Waals surface area (Å²) in [4.78, 5) is 0. The summed E-state index contributed by atoms with van der Waals surface area (Å²) in [7, 11) is 0. The topological polar surface area (TPSA) is 15.3 Å². The maximum absolute atomic E-state index is 13.1. The van der Waals surface area contributed by atoms with E-state index < -0.39 is 6.17 Å². The molecular formula is C8H16F2N2. The zero-order valence-electron chi connectivity index (χ0n) is 7.56. The van der Waals surface area contributed by atoms with Crippen LogP contribution < -0.4 is 5.32 Å². The second-order valence-corrected chi connectivity index (χ2v) is 3.60. The van der Waals surface area contributed by atoms with Gasteiger partial charge in [0.2, 0.25) is 0 Å². The molecule has 1 fully saturated rings. The first-order valence-electron chi connectivity index (χ1n) is 4.40. The molecular weight excluding hydrogens is 162 g/mol. The van der Waals surface area contributed by atoms with Gasteiger partial charge in [-0.05, 0) is 6.42 Å². The molecule has 4 heteroatoms. The molecule has 0 amide bonds. The molecule has 1 N–H and O–H groups in total. The summed E-state index contributed by atoms with van der Waals surface area (Å²) in [5.74, 6) is 0. The summed E-state index contributed by atoms with van der Waals surface area (Å²) in [6.45, 7) is 4.18. The fraction of sp³-hybridized carbons (Fsp3) is 1.00. The van der Waals surface area contributed by atoms with Crippen molar-refractivity contribution in [2.45, 2.75) is 38.5 Å². The molecule has 12 heavy (non-hydrogen) atoms. The highest BCUT2D eigenvalue weighted by Crippen LogP contribution is 2.14. The third kappa shape index (κ3) is 2.68. The van der Waals surface area contributed by atoms with Crippen molar-refractivity contribution < 1.29 is 8.87 Å². The van der Waals surface area contributed by atoms with E-state index in [1.54, 1.807) is 0 Å². The number of rotatable bonds is 2. The molecule has 0 aromatic heterocycles. The SMILES string of the molecule is CC(C)NC1CCN(F)CC1F. The van der Waals surface area contributed by atoms with Gasteiger partial charge in [0, 0.05) is 18.6 Å². The molecule has 0 spiro atoms. The van der Waals surface area contributed by atoms with Crippen molar-refractivity contribution in [2.75, 3.05) is 13.1 Å².